The Balaban J connectivity index is 1.98. The van der Waals surface area contributed by atoms with Crippen LogP contribution >= 0.6 is 0 Å². The van der Waals surface area contributed by atoms with Crippen molar-refractivity contribution in [2.45, 2.75) is 62.8 Å². The number of benzene rings is 1. The van der Waals surface area contributed by atoms with E-state index in [0.717, 1.165) is 32.1 Å². The van der Waals surface area contributed by atoms with Gasteiger partial charge in [0.2, 0.25) is 5.91 Å². The molecule has 1 aliphatic carbocycles. The third-order valence-electron chi connectivity index (χ3n) is 6.04. The van der Waals surface area contributed by atoms with Gasteiger partial charge in [-0.15, -0.1) is 0 Å². The van der Waals surface area contributed by atoms with Crippen molar-refractivity contribution in [3.8, 4) is 0 Å². The lowest BCUT2D eigenvalue weighted by atomic mass is 9.68. The van der Waals surface area contributed by atoms with Crippen LogP contribution in [0.1, 0.15) is 50.6 Å². The summed E-state index contributed by atoms with van der Waals surface area (Å²) in [5.41, 5.74) is 0.475. The van der Waals surface area contributed by atoms with Crippen molar-refractivity contribution < 1.29 is 9.90 Å². The van der Waals surface area contributed by atoms with Gasteiger partial charge in [-0.25, -0.2) is 0 Å². The molecule has 2 aliphatic rings. The molecule has 1 aromatic rings. The number of aliphatic hydroxyl groups is 1. The highest BCUT2D eigenvalue weighted by atomic mass is 16.3. The van der Waals surface area contributed by atoms with Gasteiger partial charge in [0.1, 0.15) is 5.60 Å². The summed E-state index contributed by atoms with van der Waals surface area (Å²) in [6, 6.07) is 10.7. The van der Waals surface area contributed by atoms with Gasteiger partial charge in [0.05, 0.1) is 6.04 Å². The van der Waals surface area contributed by atoms with Crippen molar-refractivity contribution >= 4 is 5.91 Å². The zero-order chi connectivity index (χ0) is 16.6. The molecule has 0 radical (unpaired) electrons. The molecule has 1 saturated carbocycles. The molecule has 0 spiro atoms. The summed E-state index contributed by atoms with van der Waals surface area (Å²) in [5.74, 6) is 0.0316. The number of amides is 1. The number of carbonyl (C=O) groups is 1. The molecule has 4 heteroatoms. The first-order chi connectivity index (χ1) is 10.9. The fourth-order valence-electron chi connectivity index (χ4n) is 4.67. The van der Waals surface area contributed by atoms with E-state index in [-0.39, 0.29) is 24.0 Å². The Morgan fingerprint density at radius 2 is 2.00 bits per heavy atom. The predicted molar refractivity (Wildman–Crippen MR) is 91.0 cm³/mol. The Labute approximate surface area is 139 Å². The third-order valence-corrected chi connectivity index (χ3v) is 6.04. The monoisotopic (exact) mass is 316 g/mol. The lowest BCUT2D eigenvalue weighted by Crippen LogP contribution is -2.68. The normalized spacial score (nSPS) is 34.7. The highest BCUT2D eigenvalue weighted by Crippen LogP contribution is 2.46. The van der Waals surface area contributed by atoms with E-state index in [1.54, 1.807) is 11.8 Å². The maximum absolute atomic E-state index is 12.0. The van der Waals surface area contributed by atoms with Crippen molar-refractivity contribution in [1.82, 2.24) is 9.80 Å². The van der Waals surface area contributed by atoms with Gasteiger partial charge in [-0.05, 0) is 31.9 Å². The highest BCUT2D eigenvalue weighted by Gasteiger charge is 2.54. The molecule has 0 aromatic heterocycles. The quantitative estimate of drug-likeness (QED) is 0.912. The number of likely N-dealkylation sites (tertiary alicyclic amines) is 1. The van der Waals surface area contributed by atoms with Crippen LogP contribution in [0.25, 0.3) is 0 Å². The Kier molecular flexibility index (Phi) is 4.47. The van der Waals surface area contributed by atoms with Gasteiger partial charge in [0, 0.05) is 26.1 Å². The number of likely N-dealkylation sites (N-methyl/N-ethyl adjacent to an activating group) is 2. The van der Waals surface area contributed by atoms with E-state index in [1.165, 1.54) is 5.56 Å². The molecule has 4 unspecified atom stereocenters. The Bertz CT molecular complexity index is 562. The minimum Gasteiger partial charge on any atom is -0.386 e. The lowest BCUT2D eigenvalue weighted by molar-refractivity contribution is -0.170. The SMILES string of the molecule is CC(=O)N(C)C1CC(c2ccccc2)N(C)C2CCCCC12O. The first-order valence-corrected chi connectivity index (χ1v) is 8.68. The summed E-state index contributed by atoms with van der Waals surface area (Å²) in [7, 11) is 3.96. The number of piperidine rings is 1. The molecule has 4 nitrogen and oxygen atoms in total. The van der Waals surface area contributed by atoms with E-state index < -0.39 is 5.60 Å². The number of hydrogen-bond donors (Lipinski definition) is 1. The van der Waals surface area contributed by atoms with Crippen LogP contribution in [0.2, 0.25) is 0 Å². The smallest absolute Gasteiger partial charge is 0.219 e. The molecule has 126 valence electrons. The number of fused-ring (bicyclic) bond motifs is 1. The zero-order valence-electron chi connectivity index (χ0n) is 14.4. The summed E-state index contributed by atoms with van der Waals surface area (Å²) in [6.45, 7) is 1.59. The van der Waals surface area contributed by atoms with Crippen LogP contribution in [0.3, 0.4) is 0 Å². The minimum atomic E-state index is -0.793. The van der Waals surface area contributed by atoms with Crippen LogP contribution in [0.15, 0.2) is 30.3 Å². The number of nitrogens with zero attached hydrogens (tertiary/aromatic N) is 2. The molecule has 23 heavy (non-hydrogen) atoms. The molecule has 4 atom stereocenters. The van der Waals surface area contributed by atoms with E-state index in [1.807, 2.05) is 13.1 Å². The minimum absolute atomic E-state index is 0.0316. The van der Waals surface area contributed by atoms with Crippen molar-refractivity contribution in [2.75, 3.05) is 14.1 Å². The largest absolute Gasteiger partial charge is 0.386 e. The van der Waals surface area contributed by atoms with Gasteiger partial charge < -0.3 is 10.0 Å². The first-order valence-electron chi connectivity index (χ1n) is 8.68. The van der Waals surface area contributed by atoms with Crippen LogP contribution < -0.4 is 0 Å². The van der Waals surface area contributed by atoms with Crippen LogP contribution in [-0.2, 0) is 4.79 Å². The molecular formula is C19H28N2O2. The number of hydrogen-bond acceptors (Lipinski definition) is 3. The molecule has 0 bridgehead atoms. The van der Waals surface area contributed by atoms with Crippen LogP contribution in [-0.4, -0.2) is 52.6 Å². The van der Waals surface area contributed by atoms with E-state index in [9.17, 15) is 9.90 Å². The summed E-state index contributed by atoms with van der Waals surface area (Å²) in [6.07, 6.45) is 4.75. The molecule has 2 fully saturated rings. The summed E-state index contributed by atoms with van der Waals surface area (Å²) in [5, 5.41) is 11.5. The lowest BCUT2D eigenvalue weighted by Gasteiger charge is -2.57. The van der Waals surface area contributed by atoms with Gasteiger partial charge in [-0.1, -0.05) is 43.2 Å². The molecule has 1 saturated heterocycles. The number of carbonyl (C=O) groups excluding carboxylic acids is 1. The van der Waals surface area contributed by atoms with E-state index >= 15 is 0 Å². The molecule has 1 heterocycles. The van der Waals surface area contributed by atoms with Crippen molar-refractivity contribution in [3.63, 3.8) is 0 Å². The fourth-order valence-corrected chi connectivity index (χ4v) is 4.67. The second-order valence-electron chi connectivity index (χ2n) is 7.23. The maximum Gasteiger partial charge on any atom is 0.219 e. The Morgan fingerprint density at radius 1 is 1.30 bits per heavy atom. The Hall–Kier alpha value is -1.39. The Morgan fingerprint density at radius 3 is 2.65 bits per heavy atom. The maximum atomic E-state index is 12.0. The number of rotatable bonds is 2. The van der Waals surface area contributed by atoms with Gasteiger partial charge in [-0.2, -0.15) is 0 Å². The zero-order valence-corrected chi connectivity index (χ0v) is 14.4. The summed E-state index contributed by atoms with van der Waals surface area (Å²) in [4.78, 5) is 16.1. The summed E-state index contributed by atoms with van der Waals surface area (Å²) >= 11 is 0. The average Bonchev–Trinajstić information content (AvgIpc) is 2.55. The summed E-state index contributed by atoms with van der Waals surface area (Å²) < 4.78 is 0. The molecule has 1 aromatic carbocycles. The second-order valence-corrected chi connectivity index (χ2v) is 7.23. The van der Waals surface area contributed by atoms with Gasteiger partial charge >= 0.3 is 0 Å². The van der Waals surface area contributed by atoms with Gasteiger partial charge in [-0.3, -0.25) is 9.69 Å². The topological polar surface area (TPSA) is 43.8 Å². The van der Waals surface area contributed by atoms with E-state index in [4.69, 9.17) is 0 Å². The van der Waals surface area contributed by atoms with Gasteiger partial charge in [0.15, 0.2) is 0 Å². The molecular weight excluding hydrogens is 288 g/mol. The predicted octanol–water partition coefficient (Wildman–Crippen LogP) is 2.58. The second kappa shape index (κ2) is 6.25. The van der Waals surface area contributed by atoms with Gasteiger partial charge in [0.25, 0.3) is 0 Å². The standard InChI is InChI=1S/C19H28N2O2/c1-14(22)20(2)18-13-16(15-9-5-4-6-10-15)21(3)17-11-7-8-12-19(17,18)23/h4-6,9-10,16-18,23H,7-8,11-13H2,1-3H3. The molecule has 1 aliphatic heterocycles. The van der Waals surface area contributed by atoms with E-state index in [0.29, 0.717) is 0 Å². The fraction of sp³-hybridized carbons (Fsp3) is 0.632. The highest BCUT2D eigenvalue weighted by molar-refractivity contribution is 5.73. The van der Waals surface area contributed by atoms with Crippen molar-refractivity contribution in [3.05, 3.63) is 35.9 Å². The van der Waals surface area contributed by atoms with Crippen LogP contribution in [0.4, 0.5) is 0 Å². The average molecular weight is 316 g/mol. The van der Waals surface area contributed by atoms with Crippen LogP contribution in [0.5, 0.6) is 0 Å². The first kappa shape index (κ1) is 16.5. The third kappa shape index (κ3) is 2.79. The van der Waals surface area contributed by atoms with Crippen molar-refractivity contribution in [2.24, 2.45) is 0 Å². The van der Waals surface area contributed by atoms with Crippen LogP contribution in [0, 0.1) is 0 Å². The molecule has 1 N–H and O–H groups in total. The van der Waals surface area contributed by atoms with Crippen molar-refractivity contribution in [1.29, 1.82) is 0 Å². The molecule has 1 amide bonds. The molecule has 3 rings (SSSR count). The van der Waals surface area contributed by atoms with E-state index in [2.05, 4.69) is 36.2 Å².